The van der Waals surface area contributed by atoms with Gasteiger partial charge in [0.05, 0.1) is 24.2 Å². The third-order valence-electron chi connectivity index (χ3n) is 6.51. The second kappa shape index (κ2) is 10.5. The molecule has 0 amide bonds. The SMILES string of the molecule is CCNc1nccc(-c2c(-c3ccc(F)cc3)nc3n2C(CN(C)Cc2cccc(OC)c2)CC3)n1. The third kappa shape index (κ3) is 4.95. The topological polar surface area (TPSA) is 68.1 Å². The molecule has 186 valence electrons. The standard InChI is InChI=1S/C28H31FN6O/c1-4-30-28-31-15-14-24(32-28)27-26(20-8-10-21(29)11-9-20)33-25-13-12-22(35(25)27)18-34(2)17-19-6-5-7-23(16-19)36-3/h5-11,14-16,22H,4,12-13,17-18H2,1-3H3,(H,30,31,32). The summed E-state index contributed by atoms with van der Waals surface area (Å²) in [7, 11) is 3.83. The normalized spacial score (nSPS) is 14.8. The summed E-state index contributed by atoms with van der Waals surface area (Å²) >= 11 is 0. The number of aryl methyl sites for hydroxylation is 1. The molecule has 0 aliphatic carbocycles. The maximum Gasteiger partial charge on any atom is 0.223 e. The van der Waals surface area contributed by atoms with E-state index in [0.29, 0.717) is 5.95 Å². The van der Waals surface area contributed by atoms with E-state index in [4.69, 9.17) is 14.7 Å². The maximum atomic E-state index is 13.7. The number of halogens is 1. The van der Waals surface area contributed by atoms with Crippen LogP contribution >= 0.6 is 0 Å². The summed E-state index contributed by atoms with van der Waals surface area (Å²) in [5.41, 5.74) is 4.67. The third-order valence-corrected chi connectivity index (χ3v) is 6.51. The van der Waals surface area contributed by atoms with Crippen molar-refractivity contribution in [1.82, 2.24) is 24.4 Å². The average Bonchev–Trinajstić information content (AvgIpc) is 3.45. The monoisotopic (exact) mass is 486 g/mol. The summed E-state index contributed by atoms with van der Waals surface area (Å²) < 4.78 is 21.4. The molecule has 0 bridgehead atoms. The fraction of sp³-hybridized carbons (Fsp3) is 0.321. The minimum absolute atomic E-state index is 0.241. The van der Waals surface area contributed by atoms with Gasteiger partial charge in [0, 0.05) is 43.9 Å². The average molecular weight is 487 g/mol. The number of rotatable bonds is 9. The van der Waals surface area contributed by atoms with E-state index in [1.165, 1.54) is 17.7 Å². The summed E-state index contributed by atoms with van der Waals surface area (Å²) in [6, 6.07) is 16.9. The second-order valence-corrected chi connectivity index (χ2v) is 9.14. The van der Waals surface area contributed by atoms with Gasteiger partial charge in [0.1, 0.15) is 17.4 Å². The maximum absolute atomic E-state index is 13.7. The van der Waals surface area contributed by atoms with Crippen molar-refractivity contribution < 1.29 is 9.13 Å². The Labute approximate surface area is 211 Å². The molecule has 2 aromatic carbocycles. The fourth-order valence-corrected chi connectivity index (χ4v) is 4.94. The quantitative estimate of drug-likeness (QED) is 0.351. The molecule has 7 nitrogen and oxygen atoms in total. The van der Waals surface area contributed by atoms with Crippen LogP contribution in [0.15, 0.2) is 60.8 Å². The molecule has 1 atom stereocenters. The highest BCUT2D eigenvalue weighted by Gasteiger charge is 2.31. The number of imidazole rings is 1. The van der Waals surface area contributed by atoms with Crippen LogP contribution in [0.5, 0.6) is 5.75 Å². The first-order chi connectivity index (χ1) is 17.6. The lowest BCUT2D eigenvalue weighted by molar-refractivity contribution is 0.273. The molecule has 1 N–H and O–H groups in total. The smallest absolute Gasteiger partial charge is 0.223 e. The molecule has 2 aromatic heterocycles. The first-order valence-electron chi connectivity index (χ1n) is 12.3. The number of likely N-dealkylation sites (N-methyl/N-ethyl adjacent to an activating group) is 1. The molecule has 0 spiro atoms. The molecule has 0 fully saturated rings. The molecule has 1 aliphatic heterocycles. The van der Waals surface area contributed by atoms with Crippen molar-refractivity contribution in [2.24, 2.45) is 0 Å². The zero-order valence-corrected chi connectivity index (χ0v) is 20.9. The van der Waals surface area contributed by atoms with Crippen molar-refractivity contribution in [3.8, 4) is 28.4 Å². The van der Waals surface area contributed by atoms with Crippen LogP contribution in [-0.2, 0) is 13.0 Å². The van der Waals surface area contributed by atoms with Crippen molar-refractivity contribution in [3.63, 3.8) is 0 Å². The van der Waals surface area contributed by atoms with Gasteiger partial charge in [0.25, 0.3) is 0 Å². The van der Waals surface area contributed by atoms with Crippen molar-refractivity contribution in [1.29, 1.82) is 0 Å². The molecule has 3 heterocycles. The van der Waals surface area contributed by atoms with Gasteiger partial charge in [-0.15, -0.1) is 0 Å². The van der Waals surface area contributed by atoms with Crippen LogP contribution < -0.4 is 10.1 Å². The number of nitrogens with zero attached hydrogens (tertiary/aromatic N) is 5. The summed E-state index contributed by atoms with van der Waals surface area (Å²) in [5.74, 6) is 2.22. The van der Waals surface area contributed by atoms with E-state index in [0.717, 1.165) is 66.7 Å². The minimum atomic E-state index is -0.263. The number of ether oxygens (including phenoxy) is 1. The minimum Gasteiger partial charge on any atom is -0.497 e. The molecular weight excluding hydrogens is 455 g/mol. The Balaban J connectivity index is 1.50. The van der Waals surface area contributed by atoms with Crippen LogP contribution in [0.2, 0.25) is 0 Å². The van der Waals surface area contributed by atoms with Gasteiger partial charge in [-0.1, -0.05) is 12.1 Å². The molecule has 0 radical (unpaired) electrons. The lowest BCUT2D eigenvalue weighted by Crippen LogP contribution is -2.26. The van der Waals surface area contributed by atoms with Crippen molar-refractivity contribution in [2.45, 2.75) is 32.4 Å². The number of aromatic nitrogens is 4. The molecule has 36 heavy (non-hydrogen) atoms. The molecule has 0 saturated carbocycles. The number of hydrogen-bond acceptors (Lipinski definition) is 6. The predicted octanol–water partition coefficient (Wildman–Crippen LogP) is 5.21. The van der Waals surface area contributed by atoms with Gasteiger partial charge in [-0.3, -0.25) is 0 Å². The molecule has 4 aromatic rings. The highest BCUT2D eigenvalue weighted by atomic mass is 19.1. The highest BCUT2D eigenvalue weighted by molar-refractivity contribution is 5.78. The molecule has 1 unspecified atom stereocenters. The number of anilines is 1. The van der Waals surface area contributed by atoms with Crippen molar-refractivity contribution >= 4 is 5.95 Å². The molecular formula is C28H31FN6O. The predicted molar refractivity (Wildman–Crippen MR) is 139 cm³/mol. The van der Waals surface area contributed by atoms with E-state index in [1.807, 2.05) is 25.1 Å². The zero-order chi connectivity index (χ0) is 25.1. The van der Waals surface area contributed by atoms with Gasteiger partial charge in [-0.05, 0) is 68.4 Å². The summed E-state index contributed by atoms with van der Waals surface area (Å²) in [5, 5.41) is 3.20. The summed E-state index contributed by atoms with van der Waals surface area (Å²) in [6.07, 6.45) is 3.66. The molecule has 0 saturated heterocycles. The largest absolute Gasteiger partial charge is 0.497 e. The van der Waals surface area contributed by atoms with E-state index < -0.39 is 0 Å². The summed E-state index contributed by atoms with van der Waals surface area (Å²) in [6.45, 7) is 4.43. The Morgan fingerprint density at radius 2 is 1.97 bits per heavy atom. The number of fused-ring (bicyclic) bond motifs is 1. The Bertz CT molecular complexity index is 1340. The van der Waals surface area contributed by atoms with Crippen LogP contribution in [0.3, 0.4) is 0 Å². The fourth-order valence-electron chi connectivity index (χ4n) is 4.94. The molecule has 8 heteroatoms. The van der Waals surface area contributed by atoms with Gasteiger partial charge in [0.15, 0.2) is 0 Å². The first-order valence-corrected chi connectivity index (χ1v) is 12.3. The van der Waals surface area contributed by atoms with Crippen LogP contribution in [0.1, 0.15) is 30.8 Å². The van der Waals surface area contributed by atoms with Crippen LogP contribution in [0.4, 0.5) is 10.3 Å². The van der Waals surface area contributed by atoms with Gasteiger partial charge in [-0.25, -0.2) is 19.3 Å². The van der Waals surface area contributed by atoms with Crippen molar-refractivity contribution in [2.75, 3.05) is 32.6 Å². The Hall–Kier alpha value is -3.78. The van der Waals surface area contributed by atoms with Gasteiger partial charge < -0.3 is 19.5 Å². The van der Waals surface area contributed by atoms with Gasteiger partial charge >= 0.3 is 0 Å². The Morgan fingerprint density at radius 3 is 2.75 bits per heavy atom. The Morgan fingerprint density at radius 1 is 1.14 bits per heavy atom. The van der Waals surface area contributed by atoms with Crippen LogP contribution in [-0.4, -0.2) is 51.7 Å². The lowest BCUT2D eigenvalue weighted by atomic mass is 10.1. The Kier molecular flexibility index (Phi) is 6.95. The first kappa shape index (κ1) is 23.9. The van der Waals surface area contributed by atoms with E-state index in [-0.39, 0.29) is 11.9 Å². The molecule has 5 rings (SSSR count). The van der Waals surface area contributed by atoms with E-state index in [9.17, 15) is 4.39 Å². The number of benzene rings is 2. The van der Waals surface area contributed by atoms with E-state index in [1.54, 1.807) is 25.4 Å². The second-order valence-electron chi connectivity index (χ2n) is 9.14. The van der Waals surface area contributed by atoms with Crippen molar-refractivity contribution in [3.05, 3.63) is 78.0 Å². The number of nitrogens with one attached hydrogen (secondary N) is 1. The van der Waals surface area contributed by atoms with Crippen LogP contribution in [0.25, 0.3) is 22.6 Å². The van der Waals surface area contributed by atoms with Crippen LogP contribution in [0, 0.1) is 5.82 Å². The molecule has 1 aliphatic rings. The summed E-state index contributed by atoms with van der Waals surface area (Å²) in [4.78, 5) is 16.5. The zero-order valence-electron chi connectivity index (χ0n) is 20.9. The number of methoxy groups -OCH3 is 1. The lowest BCUT2D eigenvalue weighted by Gasteiger charge is -2.24. The van der Waals surface area contributed by atoms with Gasteiger partial charge in [-0.2, -0.15) is 0 Å². The number of hydrogen-bond donors (Lipinski definition) is 1. The van der Waals surface area contributed by atoms with Gasteiger partial charge in [0.2, 0.25) is 5.95 Å². The highest BCUT2D eigenvalue weighted by Crippen LogP contribution is 2.39. The van der Waals surface area contributed by atoms with E-state index >= 15 is 0 Å². The van der Waals surface area contributed by atoms with E-state index in [2.05, 4.69) is 38.9 Å².